The van der Waals surface area contributed by atoms with Gasteiger partial charge in [0.25, 0.3) is 0 Å². The highest BCUT2D eigenvalue weighted by Gasteiger charge is 2.24. The minimum absolute atomic E-state index is 0.0314. The predicted octanol–water partition coefficient (Wildman–Crippen LogP) is -0.384. The van der Waals surface area contributed by atoms with E-state index in [9.17, 15) is 9.18 Å². The minimum Gasteiger partial charge on any atom is -0.352 e. The molecule has 0 spiro atoms. The fourth-order valence-electron chi connectivity index (χ4n) is 1.49. The molecule has 4 N–H and O–H groups in total. The van der Waals surface area contributed by atoms with Crippen LogP contribution < -0.4 is 21.5 Å². The molecule has 1 aliphatic carbocycles. The Morgan fingerprint density at radius 1 is 1.67 bits per heavy atom. The molecule has 0 atom stereocenters. The van der Waals surface area contributed by atoms with Crippen LogP contribution in [-0.2, 0) is 4.79 Å². The number of nitrogen functional groups attached to an aromatic ring is 1. The fourth-order valence-corrected chi connectivity index (χ4v) is 1.49. The number of aromatic nitrogens is 2. The van der Waals surface area contributed by atoms with E-state index in [1.165, 1.54) is 4.90 Å². The molecule has 18 heavy (non-hydrogen) atoms. The van der Waals surface area contributed by atoms with Gasteiger partial charge in [-0.3, -0.25) is 10.2 Å². The van der Waals surface area contributed by atoms with Crippen LogP contribution in [0.4, 0.5) is 16.2 Å². The summed E-state index contributed by atoms with van der Waals surface area (Å²) < 4.78 is 13.5. The van der Waals surface area contributed by atoms with Crippen molar-refractivity contribution in [2.75, 3.05) is 23.9 Å². The van der Waals surface area contributed by atoms with E-state index in [2.05, 4.69) is 20.7 Å². The second-order valence-electron chi connectivity index (χ2n) is 4.21. The molecule has 1 heterocycles. The van der Waals surface area contributed by atoms with Gasteiger partial charge >= 0.3 is 0 Å². The zero-order valence-corrected chi connectivity index (χ0v) is 9.98. The van der Waals surface area contributed by atoms with Crippen molar-refractivity contribution in [3.63, 3.8) is 0 Å². The number of hydrazine groups is 1. The number of likely N-dealkylation sites (N-methyl/N-ethyl adjacent to an activating group) is 1. The third kappa shape index (κ3) is 3.04. The molecule has 0 aromatic carbocycles. The number of hydrogen-bond donors (Lipinski definition) is 3. The summed E-state index contributed by atoms with van der Waals surface area (Å²) in [6.07, 6.45) is 3.03. The molecule has 1 fully saturated rings. The smallest absolute Gasteiger partial charge is 0.239 e. The van der Waals surface area contributed by atoms with Gasteiger partial charge in [-0.25, -0.2) is 15.2 Å². The van der Waals surface area contributed by atoms with Gasteiger partial charge in [0.1, 0.15) is 0 Å². The summed E-state index contributed by atoms with van der Waals surface area (Å²) in [5.41, 5.74) is 2.23. The molecular weight excluding hydrogens is 239 g/mol. The topological polar surface area (TPSA) is 96.2 Å². The van der Waals surface area contributed by atoms with E-state index < -0.39 is 5.82 Å². The van der Waals surface area contributed by atoms with E-state index in [1.54, 1.807) is 7.05 Å². The molecule has 2 rings (SSSR count). The van der Waals surface area contributed by atoms with Crippen molar-refractivity contribution < 1.29 is 9.18 Å². The normalized spacial score (nSPS) is 14.2. The number of halogens is 1. The van der Waals surface area contributed by atoms with Gasteiger partial charge in [-0.1, -0.05) is 0 Å². The van der Waals surface area contributed by atoms with Gasteiger partial charge in [0, 0.05) is 13.1 Å². The largest absolute Gasteiger partial charge is 0.352 e. The van der Waals surface area contributed by atoms with Crippen molar-refractivity contribution in [2.24, 2.45) is 5.84 Å². The summed E-state index contributed by atoms with van der Waals surface area (Å²) >= 11 is 0. The van der Waals surface area contributed by atoms with Crippen molar-refractivity contribution in [1.82, 2.24) is 15.3 Å². The Hall–Kier alpha value is -1.96. The van der Waals surface area contributed by atoms with Gasteiger partial charge in [-0.05, 0) is 12.8 Å². The van der Waals surface area contributed by atoms with Crippen LogP contribution in [0.2, 0.25) is 0 Å². The molecule has 0 saturated heterocycles. The SMILES string of the molecule is CN(CC(=O)NC1CC1)c1nc(NN)ncc1F. The number of nitrogens with one attached hydrogen (secondary N) is 2. The summed E-state index contributed by atoms with van der Waals surface area (Å²) in [7, 11) is 1.58. The molecule has 7 nitrogen and oxygen atoms in total. The second-order valence-corrected chi connectivity index (χ2v) is 4.21. The van der Waals surface area contributed by atoms with Gasteiger partial charge in [0.2, 0.25) is 11.9 Å². The first-order valence-electron chi connectivity index (χ1n) is 5.60. The Labute approximate surface area is 104 Å². The summed E-state index contributed by atoms with van der Waals surface area (Å²) in [5.74, 6) is 4.52. The van der Waals surface area contributed by atoms with Crippen LogP contribution in [-0.4, -0.2) is 35.5 Å². The zero-order valence-electron chi connectivity index (χ0n) is 9.98. The monoisotopic (exact) mass is 254 g/mol. The average molecular weight is 254 g/mol. The van der Waals surface area contributed by atoms with Crippen molar-refractivity contribution in [3.8, 4) is 0 Å². The molecule has 1 aromatic heterocycles. The van der Waals surface area contributed by atoms with Gasteiger partial charge in [0.05, 0.1) is 12.7 Å². The molecule has 0 unspecified atom stereocenters. The highest BCUT2D eigenvalue weighted by atomic mass is 19.1. The number of rotatable bonds is 5. The first-order valence-corrected chi connectivity index (χ1v) is 5.60. The molecular formula is C10H15FN6O. The van der Waals surface area contributed by atoms with E-state index in [-0.39, 0.29) is 30.3 Å². The molecule has 1 aromatic rings. The maximum absolute atomic E-state index is 13.5. The fraction of sp³-hybridized carbons (Fsp3) is 0.500. The lowest BCUT2D eigenvalue weighted by atomic mass is 10.4. The summed E-state index contributed by atoms with van der Waals surface area (Å²) in [4.78, 5) is 20.5. The molecule has 8 heteroatoms. The summed E-state index contributed by atoms with van der Waals surface area (Å²) in [6, 6.07) is 0.280. The number of carbonyl (C=O) groups excluding carboxylic acids is 1. The van der Waals surface area contributed by atoms with E-state index >= 15 is 0 Å². The predicted molar refractivity (Wildman–Crippen MR) is 64.2 cm³/mol. The van der Waals surface area contributed by atoms with E-state index in [4.69, 9.17) is 5.84 Å². The summed E-state index contributed by atoms with van der Waals surface area (Å²) in [5, 5.41) is 2.82. The standard InChI is InChI=1S/C10H15FN6O/c1-17(5-8(18)14-6-2-3-6)9-7(11)4-13-10(15-9)16-12/h4,6H,2-3,5,12H2,1H3,(H,14,18)(H,13,15,16). The maximum Gasteiger partial charge on any atom is 0.239 e. The highest BCUT2D eigenvalue weighted by Crippen LogP contribution is 2.19. The highest BCUT2D eigenvalue weighted by molar-refractivity contribution is 5.81. The van der Waals surface area contributed by atoms with Gasteiger partial charge in [-0.15, -0.1) is 0 Å². The quantitative estimate of drug-likeness (QED) is 0.489. The lowest BCUT2D eigenvalue weighted by Crippen LogP contribution is -2.37. The molecule has 0 radical (unpaired) electrons. The van der Waals surface area contributed by atoms with Crippen LogP contribution in [0.1, 0.15) is 12.8 Å². The maximum atomic E-state index is 13.5. The van der Waals surface area contributed by atoms with E-state index in [1.807, 2.05) is 0 Å². The number of nitrogens with two attached hydrogens (primary N) is 1. The Balaban J connectivity index is 2.02. The van der Waals surface area contributed by atoms with Crippen LogP contribution >= 0.6 is 0 Å². The van der Waals surface area contributed by atoms with Crippen LogP contribution in [0.25, 0.3) is 0 Å². The zero-order chi connectivity index (χ0) is 13.1. The van der Waals surface area contributed by atoms with Crippen LogP contribution in [0.3, 0.4) is 0 Å². The van der Waals surface area contributed by atoms with E-state index in [0.29, 0.717) is 0 Å². The Kier molecular flexibility index (Phi) is 3.56. The van der Waals surface area contributed by atoms with Crippen LogP contribution in [0.5, 0.6) is 0 Å². The number of nitrogens with zero attached hydrogens (tertiary/aromatic N) is 3. The molecule has 0 aliphatic heterocycles. The van der Waals surface area contributed by atoms with Crippen molar-refractivity contribution in [3.05, 3.63) is 12.0 Å². The average Bonchev–Trinajstić information content (AvgIpc) is 3.13. The van der Waals surface area contributed by atoms with Crippen LogP contribution in [0.15, 0.2) is 6.20 Å². The third-order valence-electron chi connectivity index (χ3n) is 2.54. The molecule has 1 amide bonds. The van der Waals surface area contributed by atoms with Crippen molar-refractivity contribution >= 4 is 17.7 Å². The number of carbonyl (C=O) groups is 1. The lowest BCUT2D eigenvalue weighted by molar-refractivity contribution is -0.119. The van der Waals surface area contributed by atoms with Gasteiger partial charge in [0.15, 0.2) is 11.6 Å². The minimum atomic E-state index is -0.601. The first kappa shape index (κ1) is 12.5. The first-order chi connectivity index (χ1) is 8.60. The Morgan fingerprint density at radius 3 is 3.00 bits per heavy atom. The van der Waals surface area contributed by atoms with Crippen molar-refractivity contribution in [2.45, 2.75) is 18.9 Å². The Bertz CT molecular complexity index is 450. The molecule has 0 bridgehead atoms. The third-order valence-corrected chi connectivity index (χ3v) is 2.54. The van der Waals surface area contributed by atoms with Gasteiger partial charge in [-0.2, -0.15) is 4.98 Å². The van der Waals surface area contributed by atoms with Crippen molar-refractivity contribution in [1.29, 1.82) is 0 Å². The second kappa shape index (κ2) is 5.13. The van der Waals surface area contributed by atoms with E-state index in [0.717, 1.165) is 19.0 Å². The number of anilines is 2. The summed E-state index contributed by atoms with van der Waals surface area (Å²) in [6.45, 7) is 0.0362. The molecule has 1 aliphatic rings. The Morgan fingerprint density at radius 2 is 2.39 bits per heavy atom. The molecule has 1 saturated carbocycles. The van der Waals surface area contributed by atoms with Gasteiger partial charge < -0.3 is 10.2 Å². The molecule has 98 valence electrons. The number of hydrogen-bond acceptors (Lipinski definition) is 6. The lowest BCUT2D eigenvalue weighted by Gasteiger charge is -2.18. The van der Waals surface area contributed by atoms with Crippen LogP contribution in [0, 0.1) is 5.82 Å². The number of amides is 1.